The van der Waals surface area contributed by atoms with Crippen LogP contribution in [0.5, 0.6) is 0 Å². The number of aromatic nitrogens is 5. The SMILES string of the molecule is Cc1cn(-c2ccc(-c3csc(Nc4c5c(nn4CC(F)(F)F)CCCC5)n3)cc2F)cn1. The van der Waals surface area contributed by atoms with E-state index in [4.69, 9.17) is 0 Å². The van der Waals surface area contributed by atoms with Crippen molar-refractivity contribution >= 4 is 22.3 Å². The average molecular weight is 477 g/mol. The fraction of sp³-hybridized carbons (Fsp3) is 0.318. The molecule has 172 valence electrons. The summed E-state index contributed by atoms with van der Waals surface area (Å²) in [6, 6.07) is 4.79. The van der Waals surface area contributed by atoms with Crippen LogP contribution in [0, 0.1) is 12.7 Å². The number of hydrogen-bond acceptors (Lipinski definition) is 5. The van der Waals surface area contributed by atoms with Gasteiger partial charge in [0.05, 0.1) is 29.1 Å². The van der Waals surface area contributed by atoms with E-state index in [9.17, 15) is 17.6 Å². The largest absolute Gasteiger partial charge is 0.408 e. The number of hydrogen-bond donors (Lipinski definition) is 1. The highest BCUT2D eigenvalue weighted by atomic mass is 32.1. The van der Waals surface area contributed by atoms with Gasteiger partial charge in [-0.05, 0) is 44.7 Å². The number of imidazole rings is 1. The summed E-state index contributed by atoms with van der Waals surface area (Å²) in [5, 5.41) is 9.43. The van der Waals surface area contributed by atoms with Gasteiger partial charge in [0, 0.05) is 22.7 Å². The Kier molecular flexibility index (Phi) is 5.43. The van der Waals surface area contributed by atoms with Crippen molar-refractivity contribution < 1.29 is 17.6 Å². The van der Waals surface area contributed by atoms with Crippen LogP contribution >= 0.6 is 11.3 Å². The molecule has 1 N–H and O–H groups in total. The molecule has 3 heterocycles. The Hall–Kier alpha value is -3.21. The fourth-order valence-electron chi connectivity index (χ4n) is 4.02. The number of thiazole rings is 1. The van der Waals surface area contributed by atoms with E-state index in [-0.39, 0.29) is 0 Å². The zero-order valence-corrected chi connectivity index (χ0v) is 18.5. The second kappa shape index (κ2) is 8.29. The number of alkyl halides is 3. The zero-order chi connectivity index (χ0) is 23.2. The Morgan fingerprint density at radius 2 is 2.00 bits per heavy atom. The van der Waals surface area contributed by atoms with Crippen molar-refractivity contribution in [1.82, 2.24) is 24.3 Å². The maximum Gasteiger partial charge on any atom is 0.408 e. The Bertz CT molecular complexity index is 1300. The molecule has 0 fully saturated rings. The predicted molar refractivity (Wildman–Crippen MR) is 118 cm³/mol. The maximum absolute atomic E-state index is 14.7. The minimum absolute atomic E-state index is 0.333. The molecule has 0 radical (unpaired) electrons. The number of nitrogens with one attached hydrogen (secondary N) is 1. The van der Waals surface area contributed by atoms with E-state index in [2.05, 4.69) is 20.4 Å². The lowest BCUT2D eigenvalue weighted by atomic mass is 9.97. The van der Waals surface area contributed by atoms with E-state index >= 15 is 0 Å². The molecule has 0 atom stereocenters. The van der Waals surface area contributed by atoms with Gasteiger partial charge in [-0.25, -0.2) is 19.0 Å². The molecule has 0 saturated heterocycles. The van der Waals surface area contributed by atoms with Crippen LogP contribution < -0.4 is 5.32 Å². The van der Waals surface area contributed by atoms with Crippen molar-refractivity contribution in [3.63, 3.8) is 0 Å². The minimum atomic E-state index is -4.38. The number of fused-ring (bicyclic) bond motifs is 1. The molecule has 0 spiro atoms. The third-order valence-electron chi connectivity index (χ3n) is 5.52. The first-order valence-corrected chi connectivity index (χ1v) is 11.3. The highest BCUT2D eigenvalue weighted by molar-refractivity contribution is 7.14. The molecule has 0 amide bonds. The van der Waals surface area contributed by atoms with E-state index in [1.165, 1.54) is 17.4 Å². The first kappa shape index (κ1) is 21.6. The van der Waals surface area contributed by atoms with Gasteiger partial charge in [-0.2, -0.15) is 18.3 Å². The number of nitrogens with zero attached hydrogens (tertiary/aromatic N) is 5. The van der Waals surface area contributed by atoms with Crippen molar-refractivity contribution in [2.45, 2.75) is 45.3 Å². The van der Waals surface area contributed by atoms with Crippen LogP contribution in [0.3, 0.4) is 0 Å². The molecule has 0 aliphatic heterocycles. The van der Waals surface area contributed by atoms with Crippen molar-refractivity contribution in [3.05, 3.63) is 58.9 Å². The van der Waals surface area contributed by atoms with Gasteiger partial charge in [0.25, 0.3) is 0 Å². The molecule has 6 nitrogen and oxygen atoms in total. The van der Waals surface area contributed by atoms with Gasteiger partial charge in [0.2, 0.25) is 0 Å². The molecule has 3 aromatic heterocycles. The molecule has 5 rings (SSSR count). The van der Waals surface area contributed by atoms with Crippen LogP contribution in [-0.2, 0) is 19.4 Å². The zero-order valence-electron chi connectivity index (χ0n) is 17.7. The number of halogens is 4. The number of benzene rings is 1. The van der Waals surface area contributed by atoms with Crippen molar-refractivity contribution in [2.75, 3.05) is 5.32 Å². The Labute approximate surface area is 190 Å². The third-order valence-corrected chi connectivity index (χ3v) is 6.27. The summed E-state index contributed by atoms with van der Waals surface area (Å²) in [5.74, 6) is -0.0929. The summed E-state index contributed by atoms with van der Waals surface area (Å²) >= 11 is 1.25. The Balaban J connectivity index is 1.42. The van der Waals surface area contributed by atoms with Gasteiger partial charge in [0.15, 0.2) is 5.13 Å². The predicted octanol–water partition coefficient (Wildman–Crippen LogP) is 5.82. The summed E-state index contributed by atoms with van der Waals surface area (Å²) in [6.45, 7) is 0.658. The monoisotopic (exact) mass is 476 g/mol. The van der Waals surface area contributed by atoms with Crippen LogP contribution in [0.1, 0.15) is 29.8 Å². The second-order valence-corrected chi connectivity index (χ2v) is 8.86. The number of aryl methyl sites for hydroxylation is 2. The van der Waals surface area contributed by atoms with E-state index in [1.807, 2.05) is 6.92 Å². The smallest absolute Gasteiger partial charge is 0.316 e. The molecular weight excluding hydrogens is 456 g/mol. The molecule has 4 aromatic rings. The van der Waals surface area contributed by atoms with E-state index < -0.39 is 18.5 Å². The quantitative estimate of drug-likeness (QED) is 0.369. The summed E-state index contributed by atoms with van der Waals surface area (Å²) < 4.78 is 56.6. The third kappa shape index (κ3) is 4.50. The molecule has 1 aliphatic carbocycles. The van der Waals surface area contributed by atoms with Gasteiger partial charge < -0.3 is 9.88 Å². The molecule has 0 unspecified atom stereocenters. The van der Waals surface area contributed by atoms with Crippen molar-refractivity contribution in [3.8, 4) is 16.9 Å². The molecular formula is C22H20F4N6S. The Morgan fingerprint density at radius 3 is 2.73 bits per heavy atom. The lowest BCUT2D eigenvalue weighted by molar-refractivity contribution is -0.142. The molecule has 1 aromatic carbocycles. The number of rotatable bonds is 5. The first-order valence-electron chi connectivity index (χ1n) is 10.5. The molecule has 0 bridgehead atoms. The summed E-state index contributed by atoms with van der Waals surface area (Å²) in [7, 11) is 0. The van der Waals surface area contributed by atoms with Gasteiger partial charge in [-0.3, -0.25) is 0 Å². The van der Waals surface area contributed by atoms with Crippen LogP contribution in [-0.4, -0.2) is 30.5 Å². The lowest BCUT2D eigenvalue weighted by Gasteiger charge is -2.13. The number of anilines is 2. The molecule has 0 saturated carbocycles. The lowest BCUT2D eigenvalue weighted by Crippen LogP contribution is -2.20. The summed E-state index contributed by atoms with van der Waals surface area (Å²) in [6.07, 6.45) is 2.05. The van der Waals surface area contributed by atoms with Gasteiger partial charge in [-0.15, -0.1) is 11.3 Å². The second-order valence-electron chi connectivity index (χ2n) is 8.01. The normalized spacial score (nSPS) is 13.8. The van der Waals surface area contributed by atoms with Crippen LogP contribution in [0.25, 0.3) is 16.9 Å². The van der Waals surface area contributed by atoms with Gasteiger partial charge in [-0.1, -0.05) is 6.07 Å². The van der Waals surface area contributed by atoms with E-state index in [0.717, 1.165) is 28.8 Å². The fourth-order valence-corrected chi connectivity index (χ4v) is 4.74. The summed E-state index contributed by atoms with van der Waals surface area (Å²) in [5.41, 5.74) is 3.77. The average Bonchev–Trinajstić information content (AvgIpc) is 3.47. The van der Waals surface area contributed by atoms with Crippen molar-refractivity contribution in [1.29, 1.82) is 0 Å². The molecule has 33 heavy (non-hydrogen) atoms. The highest BCUT2D eigenvalue weighted by Crippen LogP contribution is 2.34. The van der Waals surface area contributed by atoms with Crippen LogP contribution in [0.2, 0.25) is 0 Å². The first-order chi connectivity index (χ1) is 15.8. The van der Waals surface area contributed by atoms with Gasteiger partial charge in [0.1, 0.15) is 18.2 Å². The standard InChI is InChI=1S/C22H20F4N6S/c1-13-9-31(12-27-13)19-7-6-14(8-16(19)23)18-10-33-21(28-18)29-20-15-4-2-3-5-17(15)30-32(20)11-22(24,25)26/h6-10,12H,2-5,11H2,1H3,(H,28,29). The summed E-state index contributed by atoms with van der Waals surface area (Å²) in [4.78, 5) is 8.60. The molecule has 11 heteroatoms. The van der Waals surface area contributed by atoms with Crippen LogP contribution in [0.15, 0.2) is 36.1 Å². The Morgan fingerprint density at radius 1 is 1.18 bits per heavy atom. The highest BCUT2D eigenvalue weighted by Gasteiger charge is 2.32. The van der Waals surface area contributed by atoms with Gasteiger partial charge >= 0.3 is 6.18 Å². The van der Waals surface area contributed by atoms with Crippen molar-refractivity contribution in [2.24, 2.45) is 0 Å². The van der Waals surface area contributed by atoms with E-state index in [1.54, 1.807) is 34.6 Å². The minimum Gasteiger partial charge on any atom is -0.316 e. The maximum atomic E-state index is 14.7. The van der Waals surface area contributed by atoms with Crippen LogP contribution in [0.4, 0.5) is 28.5 Å². The van der Waals surface area contributed by atoms with E-state index in [0.29, 0.717) is 46.4 Å². The topological polar surface area (TPSA) is 60.6 Å². The molecule has 1 aliphatic rings.